The van der Waals surface area contributed by atoms with E-state index in [9.17, 15) is 30.3 Å². The molecule has 0 bridgehead atoms. The molecular formula is C46H77NO8. The Kier molecular flexibility index (Phi) is 32.8. The van der Waals surface area contributed by atoms with Gasteiger partial charge in [0.05, 0.1) is 25.4 Å². The molecule has 9 heteroatoms. The minimum atomic E-state index is -1.57. The molecule has 0 aromatic rings. The molecule has 9 nitrogen and oxygen atoms in total. The van der Waals surface area contributed by atoms with Crippen LogP contribution in [0.1, 0.15) is 142 Å². The largest absolute Gasteiger partial charge is 0.394 e. The molecule has 0 aliphatic carbocycles. The average Bonchev–Trinajstić information content (AvgIpc) is 3.18. The van der Waals surface area contributed by atoms with Gasteiger partial charge >= 0.3 is 0 Å². The molecule has 7 unspecified atom stereocenters. The molecule has 0 aromatic heterocycles. The molecule has 1 amide bonds. The minimum Gasteiger partial charge on any atom is -0.394 e. The number of amides is 1. The van der Waals surface area contributed by atoms with Crippen LogP contribution >= 0.6 is 0 Å². The predicted octanol–water partition coefficient (Wildman–Crippen LogP) is 8.38. The number of nitrogens with one attached hydrogen (secondary N) is 1. The van der Waals surface area contributed by atoms with Crippen molar-refractivity contribution in [1.82, 2.24) is 5.32 Å². The SMILES string of the molecule is CC/C=C\C/C=C\C/C=C\C/C=C\C/C=C\CCCCCCCCCCCC(=O)NC(COC1OC(CO)C(O)C(O)C1O)C(O)/C=C/CC/C=C/CCC. The van der Waals surface area contributed by atoms with Gasteiger partial charge in [0.25, 0.3) is 0 Å². The smallest absolute Gasteiger partial charge is 0.220 e. The lowest BCUT2D eigenvalue weighted by molar-refractivity contribution is -0.302. The summed E-state index contributed by atoms with van der Waals surface area (Å²) in [6.07, 6.45) is 42.3. The number of aliphatic hydroxyl groups is 5. The lowest BCUT2D eigenvalue weighted by Gasteiger charge is -2.40. The molecule has 0 saturated carbocycles. The van der Waals surface area contributed by atoms with Crippen LogP contribution < -0.4 is 5.32 Å². The third-order valence-electron chi connectivity index (χ3n) is 9.43. The van der Waals surface area contributed by atoms with E-state index in [-0.39, 0.29) is 12.5 Å². The third-order valence-corrected chi connectivity index (χ3v) is 9.43. The van der Waals surface area contributed by atoms with Crippen LogP contribution in [0.3, 0.4) is 0 Å². The van der Waals surface area contributed by atoms with Crippen molar-refractivity contribution in [3.05, 3.63) is 85.1 Å². The van der Waals surface area contributed by atoms with Crippen molar-refractivity contribution in [2.24, 2.45) is 0 Å². The number of allylic oxidation sites excluding steroid dienone is 13. The van der Waals surface area contributed by atoms with E-state index in [4.69, 9.17) is 9.47 Å². The highest BCUT2D eigenvalue weighted by atomic mass is 16.7. The Morgan fingerprint density at radius 3 is 1.73 bits per heavy atom. The number of aliphatic hydroxyl groups excluding tert-OH is 5. The maximum atomic E-state index is 12.9. The van der Waals surface area contributed by atoms with Gasteiger partial charge in [-0.1, -0.05) is 150 Å². The maximum absolute atomic E-state index is 12.9. The number of carbonyl (C=O) groups excluding carboxylic acids is 1. The van der Waals surface area contributed by atoms with E-state index in [1.165, 1.54) is 32.1 Å². The summed E-state index contributed by atoms with van der Waals surface area (Å²) in [7, 11) is 0. The van der Waals surface area contributed by atoms with Gasteiger partial charge in [-0.05, 0) is 70.6 Å². The van der Waals surface area contributed by atoms with Gasteiger partial charge in [0, 0.05) is 6.42 Å². The van der Waals surface area contributed by atoms with Crippen LogP contribution in [0.4, 0.5) is 0 Å². The Morgan fingerprint density at radius 1 is 0.636 bits per heavy atom. The highest BCUT2D eigenvalue weighted by Crippen LogP contribution is 2.22. The molecule has 6 N–H and O–H groups in total. The normalized spacial score (nSPS) is 22.2. The molecule has 55 heavy (non-hydrogen) atoms. The first-order valence-corrected chi connectivity index (χ1v) is 21.3. The Bertz CT molecular complexity index is 1130. The van der Waals surface area contributed by atoms with Gasteiger partial charge in [-0.2, -0.15) is 0 Å². The van der Waals surface area contributed by atoms with E-state index < -0.39 is 49.5 Å². The zero-order valence-electron chi connectivity index (χ0n) is 34.1. The molecule has 0 spiro atoms. The summed E-state index contributed by atoms with van der Waals surface area (Å²) >= 11 is 0. The van der Waals surface area contributed by atoms with Crippen molar-refractivity contribution in [3.8, 4) is 0 Å². The fraction of sp³-hybridized carbons (Fsp3) is 0.674. The predicted molar refractivity (Wildman–Crippen MR) is 225 cm³/mol. The molecule has 0 radical (unpaired) electrons. The van der Waals surface area contributed by atoms with Crippen molar-refractivity contribution < 1.29 is 39.8 Å². The number of carbonyl (C=O) groups is 1. The van der Waals surface area contributed by atoms with Gasteiger partial charge in [-0.15, -0.1) is 0 Å². The summed E-state index contributed by atoms with van der Waals surface area (Å²) in [5, 5.41) is 53.8. The zero-order valence-corrected chi connectivity index (χ0v) is 34.1. The number of ether oxygens (including phenoxy) is 2. The summed E-state index contributed by atoms with van der Waals surface area (Å²) in [4.78, 5) is 12.9. The van der Waals surface area contributed by atoms with Crippen LogP contribution in [0.25, 0.3) is 0 Å². The van der Waals surface area contributed by atoms with Crippen molar-refractivity contribution in [2.75, 3.05) is 13.2 Å². The summed E-state index contributed by atoms with van der Waals surface area (Å²) in [6, 6.07) is -0.826. The number of hydrogen-bond donors (Lipinski definition) is 6. The molecule has 1 heterocycles. The van der Waals surface area contributed by atoms with E-state index in [0.29, 0.717) is 6.42 Å². The van der Waals surface area contributed by atoms with E-state index >= 15 is 0 Å². The second kappa shape index (κ2) is 35.8. The van der Waals surface area contributed by atoms with Crippen molar-refractivity contribution in [1.29, 1.82) is 0 Å². The molecule has 7 atom stereocenters. The van der Waals surface area contributed by atoms with Gasteiger partial charge < -0.3 is 40.3 Å². The number of hydrogen-bond acceptors (Lipinski definition) is 8. The van der Waals surface area contributed by atoms with E-state index in [1.807, 2.05) is 6.08 Å². The second-order valence-corrected chi connectivity index (χ2v) is 14.4. The molecule has 1 aliphatic rings. The zero-order chi connectivity index (χ0) is 40.2. The highest BCUT2D eigenvalue weighted by Gasteiger charge is 2.44. The summed E-state index contributed by atoms with van der Waals surface area (Å²) in [5.74, 6) is -0.204. The van der Waals surface area contributed by atoms with Crippen LogP contribution in [0.5, 0.6) is 0 Å². The van der Waals surface area contributed by atoms with Crippen LogP contribution in [0.15, 0.2) is 85.1 Å². The number of unbranched alkanes of at least 4 members (excludes halogenated alkanes) is 11. The first kappa shape index (κ1) is 50.4. The van der Waals surface area contributed by atoms with Crippen LogP contribution in [-0.4, -0.2) is 87.5 Å². The van der Waals surface area contributed by atoms with Gasteiger partial charge in [-0.25, -0.2) is 0 Å². The quantitative estimate of drug-likeness (QED) is 0.0288. The Hall–Kier alpha value is -2.63. The molecule has 1 aliphatic heterocycles. The van der Waals surface area contributed by atoms with Gasteiger partial charge in [-0.3, -0.25) is 4.79 Å². The molecule has 1 saturated heterocycles. The average molecular weight is 772 g/mol. The topological polar surface area (TPSA) is 149 Å². The first-order valence-electron chi connectivity index (χ1n) is 21.3. The molecule has 314 valence electrons. The number of rotatable bonds is 33. The maximum Gasteiger partial charge on any atom is 0.220 e. The van der Waals surface area contributed by atoms with Gasteiger partial charge in [0.2, 0.25) is 5.91 Å². The Balaban J connectivity index is 2.25. The van der Waals surface area contributed by atoms with Crippen molar-refractivity contribution in [3.63, 3.8) is 0 Å². The fourth-order valence-corrected chi connectivity index (χ4v) is 6.03. The lowest BCUT2D eigenvalue weighted by Crippen LogP contribution is -2.60. The van der Waals surface area contributed by atoms with Gasteiger partial charge in [0.1, 0.15) is 24.4 Å². The Morgan fingerprint density at radius 2 is 1.15 bits per heavy atom. The summed E-state index contributed by atoms with van der Waals surface area (Å²) < 4.78 is 11.1. The second-order valence-electron chi connectivity index (χ2n) is 14.4. The van der Waals surface area contributed by atoms with Crippen molar-refractivity contribution >= 4 is 5.91 Å². The fourth-order valence-electron chi connectivity index (χ4n) is 6.03. The van der Waals surface area contributed by atoms with Crippen LogP contribution in [0.2, 0.25) is 0 Å². The molecule has 1 rings (SSSR count). The lowest BCUT2D eigenvalue weighted by atomic mass is 9.99. The van der Waals surface area contributed by atoms with E-state index in [0.717, 1.165) is 89.9 Å². The minimum absolute atomic E-state index is 0.204. The monoisotopic (exact) mass is 772 g/mol. The van der Waals surface area contributed by atoms with Gasteiger partial charge in [0.15, 0.2) is 6.29 Å². The first-order chi connectivity index (χ1) is 26.8. The van der Waals surface area contributed by atoms with Crippen molar-refractivity contribution in [2.45, 2.75) is 185 Å². The van der Waals surface area contributed by atoms with Crippen LogP contribution in [0, 0.1) is 0 Å². The third kappa shape index (κ3) is 26.8. The molecular weight excluding hydrogens is 695 g/mol. The molecule has 0 aromatic carbocycles. The standard InChI is InChI=1S/C46H77NO8/c1-3-5-7-9-11-12-13-14-15-16-17-18-19-20-21-22-23-24-25-26-27-28-30-32-34-36-42(50)47-39(40(49)35-33-31-29-10-8-6-4-2)38-54-46-45(53)44(52)43(51)41(37-48)55-46/h5,7-8,10-12,14-15,17-18,20-21,33,35,39-41,43-46,48-49,51-53H,3-4,6,9,13,16,19,22-32,34,36-38H2,1-2H3,(H,47,50)/b7-5-,10-8+,12-11-,15-14-,18-17-,21-20-,35-33+. The van der Waals surface area contributed by atoms with E-state index in [2.05, 4.69) is 92.1 Å². The highest BCUT2D eigenvalue weighted by molar-refractivity contribution is 5.76. The molecule has 1 fully saturated rings. The van der Waals surface area contributed by atoms with E-state index in [1.54, 1.807) is 6.08 Å². The summed E-state index contributed by atoms with van der Waals surface area (Å²) in [6.45, 7) is 3.49. The van der Waals surface area contributed by atoms with Crippen LogP contribution in [-0.2, 0) is 14.3 Å². The Labute approximate surface area is 333 Å². The summed E-state index contributed by atoms with van der Waals surface area (Å²) in [5.41, 5.74) is 0.